The number of rotatable bonds is 12. The molecule has 1 atom stereocenters. The van der Waals surface area contributed by atoms with E-state index in [4.69, 9.17) is 30.5 Å². The van der Waals surface area contributed by atoms with Crippen LogP contribution >= 0.6 is 11.6 Å². The van der Waals surface area contributed by atoms with Crippen molar-refractivity contribution in [1.29, 1.82) is 0 Å². The standard InChI is InChI=1S/C28H29ClN2O6/c1-4-5-16-35-23-11-7-21(8-12-23)28(33)37-25-15-6-20(17-26(25)34-3)18-30-31-27(32)19(2)36-24-13-9-22(29)10-14-24/h6-15,17-19H,4-5,16H2,1-3H3,(H,31,32). The molecule has 3 aromatic rings. The number of halogens is 1. The second-order valence-corrected chi connectivity index (χ2v) is 8.41. The van der Waals surface area contributed by atoms with Gasteiger partial charge in [-0.15, -0.1) is 0 Å². The highest BCUT2D eigenvalue weighted by atomic mass is 35.5. The lowest BCUT2D eigenvalue weighted by Crippen LogP contribution is -2.33. The number of hydrogen-bond acceptors (Lipinski definition) is 7. The van der Waals surface area contributed by atoms with Crippen molar-refractivity contribution in [3.05, 3.63) is 82.9 Å². The maximum absolute atomic E-state index is 12.6. The molecule has 37 heavy (non-hydrogen) atoms. The molecule has 0 fully saturated rings. The van der Waals surface area contributed by atoms with Gasteiger partial charge in [-0.2, -0.15) is 5.10 Å². The van der Waals surface area contributed by atoms with E-state index in [9.17, 15) is 9.59 Å². The molecule has 3 rings (SSSR count). The molecule has 0 saturated heterocycles. The molecule has 0 radical (unpaired) electrons. The van der Waals surface area contributed by atoms with Gasteiger partial charge in [0.25, 0.3) is 5.91 Å². The summed E-state index contributed by atoms with van der Waals surface area (Å²) in [6.45, 7) is 4.33. The minimum Gasteiger partial charge on any atom is -0.494 e. The molecule has 8 nitrogen and oxygen atoms in total. The lowest BCUT2D eigenvalue weighted by molar-refractivity contribution is -0.127. The Morgan fingerprint density at radius 3 is 2.38 bits per heavy atom. The third-order valence-corrected chi connectivity index (χ3v) is 5.38. The zero-order chi connectivity index (χ0) is 26.6. The highest BCUT2D eigenvalue weighted by Gasteiger charge is 2.15. The number of carbonyl (C=O) groups excluding carboxylic acids is 2. The first-order chi connectivity index (χ1) is 17.9. The predicted octanol–water partition coefficient (Wildman–Crippen LogP) is 5.66. The molecule has 0 heterocycles. The summed E-state index contributed by atoms with van der Waals surface area (Å²) in [6.07, 6.45) is 2.68. The number of benzene rings is 3. The fraction of sp³-hybridized carbons (Fsp3) is 0.250. The molecular formula is C28H29ClN2O6. The van der Waals surface area contributed by atoms with Gasteiger partial charge >= 0.3 is 5.97 Å². The van der Waals surface area contributed by atoms with Crippen LogP contribution in [-0.4, -0.2) is 37.9 Å². The highest BCUT2D eigenvalue weighted by Crippen LogP contribution is 2.28. The van der Waals surface area contributed by atoms with E-state index in [0.29, 0.717) is 40.0 Å². The fourth-order valence-corrected chi connectivity index (χ4v) is 3.19. The van der Waals surface area contributed by atoms with Crippen LogP contribution in [-0.2, 0) is 4.79 Å². The molecule has 0 bridgehead atoms. The van der Waals surface area contributed by atoms with Crippen LogP contribution in [0, 0.1) is 0 Å². The maximum Gasteiger partial charge on any atom is 0.343 e. The number of nitrogens with one attached hydrogen (secondary N) is 1. The van der Waals surface area contributed by atoms with Crippen LogP contribution in [0.3, 0.4) is 0 Å². The molecule has 3 aromatic carbocycles. The van der Waals surface area contributed by atoms with E-state index in [-0.39, 0.29) is 5.75 Å². The Balaban J connectivity index is 1.55. The SMILES string of the molecule is CCCCOc1ccc(C(=O)Oc2ccc(C=NNC(=O)C(C)Oc3ccc(Cl)cc3)cc2OC)cc1. The Labute approximate surface area is 221 Å². The van der Waals surface area contributed by atoms with E-state index in [1.165, 1.54) is 13.3 Å². The van der Waals surface area contributed by atoms with Crippen molar-refractivity contribution in [2.24, 2.45) is 5.10 Å². The van der Waals surface area contributed by atoms with Gasteiger partial charge in [0.2, 0.25) is 0 Å². The van der Waals surface area contributed by atoms with Gasteiger partial charge in [-0.1, -0.05) is 24.9 Å². The van der Waals surface area contributed by atoms with E-state index in [1.54, 1.807) is 73.7 Å². The van der Waals surface area contributed by atoms with Crippen molar-refractivity contribution >= 4 is 29.7 Å². The number of esters is 1. The minimum absolute atomic E-state index is 0.252. The van der Waals surface area contributed by atoms with Crippen molar-refractivity contribution in [2.75, 3.05) is 13.7 Å². The van der Waals surface area contributed by atoms with Gasteiger partial charge in [0.1, 0.15) is 11.5 Å². The van der Waals surface area contributed by atoms with E-state index in [2.05, 4.69) is 17.5 Å². The predicted molar refractivity (Wildman–Crippen MR) is 142 cm³/mol. The summed E-state index contributed by atoms with van der Waals surface area (Å²) in [5, 5.41) is 4.54. The lowest BCUT2D eigenvalue weighted by atomic mass is 10.2. The summed E-state index contributed by atoms with van der Waals surface area (Å²) >= 11 is 5.85. The molecule has 1 unspecified atom stereocenters. The monoisotopic (exact) mass is 524 g/mol. The minimum atomic E-state index is -0.772. The fourth-order valence-electron chi connectivity index (χ4n) is 3.06. The Bertz CT molecular complexity index is 1210. The summed E-state index contributed by atoms with van der Waals surface area (Å²) in [5.41, 5.74) is 3.44. The van der Waals surface area contributed by atoms with Gasteiger partial charge in [-0.25, -0.2) is 10.2 Å². The van der Waals surface area contributed by atoms with Crippen LogP contribution in [0.5, 0.6) is 23.0 Å². The molecule has 0 aliphatic rings. The van der Waals surface area contributed by atoms with Crippen LogP contribution in [0.1, 0.15) is 42.6 Å². The number of carbonyl (C=O) groups is 2. The normalized spacial score (nSPS) is 11.6. The van der Waals surface area contributed by atoms with Crippen molar-refractivity contribution in [3.8, 4) is 23.0 Å². The van der Waals surface area contributed by atoms with Gasteiger partial charge in [0.15, 0.2) is 17.6 Å². The van der Waals surface area contributed by atoms with Crippen molar-refractivity contribution in [3.63, 3.8) is 0 Å². The zero-order valence-electron chi connectivity index (χ0n) is 20.9. The van der Waals surface area contributed by atoms with Crippen LogP contribution in [0.4, 0.5) is 0 Å². The molecule has 9 heteroatoms. The van der Waals surface area contributed by atoms with Crippen LogP contribution in [0.2, 0.25) is 5.02 Å². The van der Waals surface area contributed by atoms with Crippen LogP contribution in [0.15, 0.2) is 71.8 Å². The van der Waals surface area contributed by atoms with E-state index in [0.717, 1.165) is 12.8 Å². The molecular weight excluding hydrogens is 496 g/mol. The van der Waals surface area contributed by atoms with Gasteiger partial charge in [-0.3, -0.25) is 4.79 Å². The van der Waals surface area contributed by atoms with Gasteiger partial charge < -0.3 is 18.9 Å². The molecule has 0 aliphatic carbocycles. The summed E-state index contributed by atoms with van der Waals surface area (Å²) in [7, 11) is 1.47. The van der Waals surface area contributed by atoms with E-state index in [1.807, 2.05) is 0 Å². The largest absolute Gasteiger partial charge is 0.494 e. The van der Waals surface area contributed by atoms with E-state index >= 15 is 0 Å². The third kappa shape index (κ3) is 8.54. The Morgan fingerprint density at radius 2 is 1.70 bits per heavy atom. The number of hydrazone groups is 1. The second kappa shape index (κ2) is 13.9. The first-order valence-corrected chi connectivity index (χ1v) is 12.2. The van der Waals surface area contributed by atoms with Crippen LogP contribution < -0.4 is 24.4 Å². The van der Waals surface area contributed by atoms with Crippen molar-refractivity contribution in [1.82, 2.24) is 5.43 Å². The van der Waals surface area contributed by atoms with Gasteiger partial charge in [0, 0.05) is 5.02 Å². The van der Waals surface area contributed by atoms with Crippen molar-refractivity contribution in [2.45, 2.75) is 32.8 Å². The molecule has 1 N–H and O–H groups in total. The average molecular weight is 525 g/mol. The zero-order valence-corrected chi connectivity index (χ0v) is 21.7. The third-order valence-electron chi connectivity index (χ3n) is 5.13. The molecule has 194 valence electrons. The molecule has 0 aromatic heterocycles. The van der Waals surface area contributed by atoms with Gasteiger partial charge in [-0.05, 0) is 85.6 Å². The summed E-state index contributed by atoms with van der Waals surface area (Å²) < 4.78 is 22.1. The van der Waals surface area contributed by atoms with Crippen molar-refractivity contribution < 1.29 is 28.5 Å². The topological polar surface area (TPSA) is 95.5 Å². The first-order valence-electron chi connectivity index (χ1n) is 11.8. The molecule has 0 spiro atoms. The van der Waals surface area contributed by atoms with E-state index < -0.39 is 18.0 Å². The Kier molecular flexibility index (Phi) is 10.3. The number of hydrogen-bond donors (Lipinski definition) is 1. The number of ether oxygens (including phenoxy) is 4. The van der Waals surface area contributed by atoms with Crippen LogP contribution in [0.25, 0.3) is 0 Å². The molecule has 0 aliphatic heterocycles. The summed E-state index contributed by atoms with van der Waals surface area (Å²) in [6, 6.07) is 18.4. The first kappa shape index (κ1) is 27.5. The number of amides is 1. The quantitative estimate of drug-likeness (QED) is 0.108. The Hall–Kier alpha value is -4.04. The molecule has 0 saturated carbocycles. The van der Waals surface area contributed by atoms with Gasteiger partial charge in [0.05, 0.1) is 25.5 Å². The summed E-state index contributed by atoms with van der Waals surface area (Å²) in [4.78, 5) is 24.8. The lowest BCUT2D eigenvalue weighted by Gasteiger charge is -2.13. The number of nitrogens with zero attached hydrogens (tertiary/aromatic N) is 1. The number of methoxy groups -OCH3 is 1. The smallest absolute Gasteiger partial charge is 0.343 e. The molecule has 1 amide bonds. The maximum atomic E-state index is 12.6. The Morgan fingerprint density at radius 1 is 1.00 bits per heavy atom. The number of unbranched alkanes of at least 4 members (excludes halogenated alkanes) is 1. The summed E-state index contributed by atoms with van der Waals surface area (Å²) in [5.74, 6) is 0.850. The average Bonchev–Trinajstić information content (AvgIpc) is 2.91. The highest BCUT2D eigenvalue weighted by molar-refractivity contribution is 6.30. The second-order valence-electron chi connectivity index (χ2n) is 7.97.